The van der Waals surface area contributed by atoms with E-state index in [1.807, 2.05) is 20.8 Å². The Morgan fingerprint density at radius 1 is 1.32 bits per heavy atom. The van der Waals surface area contributed by atoms with E-state index in [4.69, 9.17) is 4.74 Å². The first-order valence-electron chi connectivity index (χ1n) is 7.35. The zero-order chi connectivity index (χ0) is 14.6. The van der Waals surface area contributed by atoms with E-state index in [0.29, 0.717) is 24.9 Å². The van der Waals surface area contributed by atoms with Gasteiger partial charge in [-0.2, -0.15) is 0 Å². The fourth-order valence-electron chi connectivity index (χ4n) is 2.47. The lowest BCUT2D eigenvalue weighted by atomic mass is 9.87. The van der Waals surface area contributed by atoms with Crippen LogP contribution in [0.1, 0.15) is 53.9 Å². The van der Waals surface area contributed by atoms with Gasteiger partial charge in [0.1, 0.15) is 5.60 Å². The first-order valence-corrected chi connectivity index (χ1v) is 7.35. The van der Waals surface area contributed by atoms with Gasteiger partial charge in [-0.3, -0.25) is 0 Å². The maximum Gasteiger partial charge on any atom is 0.410 e. The van der Waals surface area contributed by atoms with E-state index in [1.54, 1.807) is 4.90 Å². The molecule has 0 radical (unpaired) electrons. The fourth-order valence-corrected chi connectivity index (χ4v) is 2.47. The van der Waals surface area contributed by atoms with Crippen LogP contribution in [-0.4, -0.2) is 40.9 Å². The van der Waals surface area contributed by atoms with Crippen molar-refractivity contribution in [2.75, 3.05) is 13.1 Å². The van der Waals surface area contributed by atoms with Gasteiger partial charge in [0, 0.05) is 13.1 Å². The zero-order valence-electron chi connectivity index (χ0n) is 13.0. The Hall–Kier alpha value is -0.770. The Labute approximate surface area is 117 Å². The minimum absolute atomic E-state index is 0.232. The van der Waals surface area contributed by atoms with Crippen LogP contribution in [0.3, 0.4) is 0 Å². The van der Waals surface area contributed by atoms with Gasteiger partial charge in [-0.25, -0.2) is 4.79 Å². The second-order valence-corrected chi connectivity index (χ2v) is 7.00. The molecule has 1 rings (SSSR count). The van der Waals surface area contributed by atoms with Gasteiger partial charge in [0.15, 0.2) is 0 Å². The van der Waals surface area contributed by atoms with Crippen LogP contribution < -0.4 is 0 Å². The van der Waals surface area contributed by atoms with Gasteiger partial charge in [0.25, 0.3) is 0 Å². The van der Waals surface area contributed by atoms with Gasteiger partial charge >= 0.3 is 6.09 Å². The molecule has 4 nitrogen and oxygen atoms in total. The summed E-state index contributed by atoms with van der Waals surface area (Å²) in [7, 11) is 0. The van der Waals surface area contributed by atoms with Crippen molar-refractivity contribution in [1.29, 1.82) is 0 Å². The number of nitrogens with zero attached hydrogens (tertiary/aromatic N) is 1. The zero-order valence-corrected chi connectivity index (χ0v) is 13.0. The molecule has 1 saturated heterocycles. The van der Waals surface area contributed by atoms with Crippen LogP contribution >= 0.6 is 0 Å². The Morgan fingerprint density at radius 2 is 1.84 bits per heavy atom. The van der Waals surface area contributed by atoms with Gasteiger partial charge < -0.3 is 14.7 Å². The molecule has 4 heteroatoms. The Bertz CT molecular complexity index is 288. The third kappa shape index (κ3) is 5.81. The number of amides is 1. The van der Waals surface area contributed by atoms with E-state index >= 15 is 0 Å². The maximum absolute atomic E-state index is 11.9. The lowest BCUT2D eigenvalue weighted by Gasteiger charge is -2.35. The lowest BCUT2D eigenvalue weighted by Crippen LogP contribution is -2.43. The molecule has 0 aromatic carbocycles. The maximum atomic E-state index is 11.9. The molecule has 1 aliphatic rings. The molecular weight excluding hydrogens is 242 g/mol. The number of aliphatic hydroxyl groups is 1. The van der Waals surface area contributed by atoms with E-state index < -0.39 is 5.60 Å². The molecule has 0 saturated carbocycles. The first-order chi connectivity index (χ1) is 8.69. The smallest absolute Gasteiger partial charge is 0.410 e. The summed E-state index contributed by atoms with van der Waals surface area (Å²) in [6.45, 7) is 11.3. The minimum atomic E-state index is -0.439. The molecule has 0 bridgehead atoms. The van der Waals surface area contributed by atoms with Crippen molar-refractivity contribution < 1.29 is 14.6 Å². The molecule has 1 amide bonds. The summed E-state index contributed by atoms with van der Waals surface area (Å²) in [6.07, 6.45) is 2.11. The summed E-state index contributed by atoms with van der Waals surface area (Å²) in [6, 6.07) is 0. The molecule has 1 heterocycles. The Kier molecular flexibility index (Phi) is 5.65. The van der Waals surface area contributed by atoms with Gasteiger partial charge in [0.05, 0.1) is 6.10 Å². The molecule has 1 aliphatic heterocycles. The highest BCUT2D eigenvalue weighted by Crippen LogP contribution is 2.25. The summed E-state index contributed by atoms with van der Waals surface area (Å²) in [5, 5.41) is 10.1. The molecular formula is C15H29NO3. The van der Waals surface area contributed by atoms with Crippen LogP contribution in [0.25, 0.3) is 0 Å². The number of ether oxygens (including phenoxy) is 1. The third-order valence-electron chi connectivity index (χ3n) is 3.45. The molecule has 112 valence electrons. The number of likely N-dealkylation sites (tertiary alicyclic amines) is 1. The van der Waals surface area contributed by atoms with Crippen molar-refractivity contribution in [3.63, 3.8) is 0 Å². The molecule has 1 unspecified atom stereocenters. The average Bonchev–Trinajstić information content (AvgIpc) is 2.26. The van der Waals surface area contributed by atoms with Crippen molar-refractivity contribution in [2.24, 2.45) is 11.8 Å². The largest absolute Gasteiger partial charge is 0.444 e. The number of aliphatic hydroxyl groups excluding tert-OH is 1. The second kappa shape index (κ2) is 6.60. The molecule has 19 heavy (non-hydrogen) atoms. The summed E-state index contributed by atoms with van der Waals surface area (Å²) in [5.74, 6) is 0.833. The highest BCUT2D eigenvalue weighted by molar-refractivity contribution is 5.68. The van der Waals surface area contributed by atoms with Crippen LogP contribution in [0.5, 0.6) is 0 Å². The molecule has 1 N–H and O–H groups in total. The minimum Gasteiger partial charge on any atom is -0.444 e. The monoisotopic (exact) mass is 271 g/mol. The molecule has 1 fully saturated rings. The van der Waals surface area contributed by atoms with E-state index in [1.165, 1.54) is 0 Å². The van der Waals surface area contributed by atoms with E-state index in [-0.39, 0.29) is 12.2 Å². The first kappa shape index (κ1) is 16.3. The quantitative estimate of drug-likeness (QED) is 0.858. The summed E-state index contributed by atoms with van der Waals surface area (Å²) in [5.41, 5.74) is -0.439. The number of hydrogen-bond donors (Lipinski definition) is 1. The van der Waals surface area contributed by atoms with Crippen LogP contribution in [0.2, 0.25) is 0 Å². The van der Waals surface area contributed by atoms with Crippen LogP contribution in [0, 0.1) is 11.8 Å². The van der Waals surface area contributed by atoms with Crippen molar-refractivity contribution in [1.82, 2.24) is 4.90 Å². The average molecular weight is 271 g/mol. The summed E-state index contributed by atoms with van der Waals surface area (Å²) in [4.78, 5) is 13.7. The van der Waals surface area contributed by atoms with Crippen LogP contribution in [-0.2, 0) is 4.74 Å². The van der Waals surface area contributed by atoms with Gasteiger partial charge in [-0.15, -0.1) is 0 Å². The van der Waals surface area contributed by atoms with E-state index in [2.05, 4.69) is 13.8 Å². The normalized spacial score (nSPS) is 19.6. The van der Waals surface area contributed by atoms with Crippen LogP contribution in [0.15, 0.2) is 0 Å². The van der Waals surface area contributed by atoms with Crippen molar-refractivity contribution in [3.8, 4) is 0 Å². The fraction of sp³-hybridized carbons (Fsp3) is 0.933. The molecule has 1 atom stereocenters. The molecule has 0 aromatic rings. The SMILES string of the molecule is CC(C)CC(O)C1CCN(C(=O)OC(C)(C)C)CC1. The van der Waals surface area contributed by atoms with Crippen molar-refractivity contribution in [2.45, 2.75) is 65.6 Å². The topological polar surface area (TPSA) is 49.8 Å². The summed E-state index contributed by atoms with van der Waals surface area (Å²) < 4.78 is 5.36. The highest BCUT2D eigenvalue weighted by atomic mass is 16.6. The third-order valence-corrected chi connectivity index (χ3v) is 3.45. The van der Waals surface area contributed by atoms with Crippen molar-refractivity contribution in [3.05, 3.63) is 0 Å². The lowest BCUT2D eigenvalue weighted by molar-refractivity contribution is 0.00513. The van der Waals surface area contributed by atoms with Gasteiger partial charge in [-0.05, 0) is 51.9 Å². The number of piperidine rings is 1. The van der Waals surface area contributed by atoms with Crippen molar-refractivity contribution >= 4 is 6.09 Å². The number of carbonyl (C=O) groups excluding carboxylic acids is 1. The highest BCUT2D eigenvalue weighted by Gasteiger charge is 2.29. The second-order valence-electron chi connectivity index (χ2n) is 7.00. The predicted molar refractivity (Wildman–Crippen MR) is 76.0 cm³/mol. The molecule has 0 spiro atoms. The Morgan fingerprint density at radius 3 is 2.26 bits per heavy atom. The molecule has 0 aromatic heterocycles. The predicted octanol–water partition coefficient (Wildman–Crippen LogP) is 3.04. The number of rotatable bonds is 3. The molecule has 0 aliphatic carbocycles. The van der Waals surface area contributed by atoms with E-state index in [9.17, 15) is 9.90 Å². The van der Waals surface area contributed by atoms with Gasteiger partial charge in [-0.1, -0.05) is 13.8 Å². The Balaban J connectivity index is 2.38. The van der Waals surface area contributed by atoms with E-state index in [0.717, 1.165) is 19.3 Å². The number of hydrogen-bond acceptors (Lipinski definition) is 3. The number of carbonyl (C=O) groups is 1. The summed E-state index contributed by atoms with van der Waals surface area (Å²) >= 11 is 0. The van der Waals surface area contributed by atoms with Gasteiger partial charge in [0.2, 0.25) is 0 Å². The van der Waals surface area contributed by atoms with Crippen LogP contribution in [0.4, 0.5) is 4.79 Å². The standard InChI is InChI=1S/C15H29NO3/c1-11(2)10-13(17)12-6-8-16(9-7-12)14(18)19-15(3,4)5/h11-13,17H,6-10H2,1-5H3.